The maximum Gasteiger partial charge on any atom is 0.187 e. The van der Waals surface area contributed by atoms with Gasteiger partial charge in [0.25, 0.3) is 0 Å². The van der Waals surface area contributed by atoms with Gasteiger partial charge >= 0.3 is 0 Å². The summed E-state index contributed by atoms with van der Waals surface area (Å²) in [5, 5.41) is 9.36. The van der Waals surface area contributed by atoms with E-state index in [0.29, 0.717) is 16.6 Å². The second-order valence-electron chi connectivity index (χ2n) is 5.50. The van der Waals surface area contributed by atoms with Crippen molar-refractivity contribution in [2.45, 2.75) is 6.42 Å². The molecule has 0 saturated heterocycles. The van der Waals surface area contributed by atoms with Crippen LogP contribution < -0.4 is 11.1 Å². The second kappa shape index (κ2) is 6.26. The molecule has 2 aromatic carbocycles. The molecular weight excluding hydrogens is 363 g/mol. The van der Waals surface area contributed by atoms with Crippen LogP contribution in [-0.4, -0.2) is 16.5 Å². The van der Waals surface area contributed by atoms with Gasteiger partial charge in [0.05, 0.1) is 10.0 Å². The van der Waals surface area contributed by atoms with E-state index in [0.717, 1.165) is 44.6 Å². The van der Waals surface area contributed by atoms with E-state index >= 15 is 0 Å². The molecule has 24 heavy (non-hydrogen) atoms. The van der Waals surface area contributed by atoms with Crippen molar-refractivity contribution in [2.24, 2.45) is 5.73 Å². The van der Waals surface area contributed by atoms with Crippen molar-refractivity contribution < 1.29 is 0 Å². The van der Waals surface area contributed by atoms with Gasteiger partial charge in [-0.25, -0.2) is 4.98 Å². The number of hydrogen-bond acceptors (Lipinski definition) is 4. The number of nitrogens with zero attached hydrogens (tertiary/aromatic N) is 1. The van der Waals surface area contributed by atoms with Gasteiger partial charge in [-0.05, 0) is 42.8 Å². The van der Waals surface area contributed by atoms with Crippen molar-refractivity contribution in [3.63, 3.8) is 0 Å². The predicted octanol–water partition coefficient (Wildman–Crippen LogP) is 5.33. The molecule has 0 fully saturated rings. The SMILES string of the molecule is NCCc1cc(Nc2nccs2)cc2c1[nH]c1cc(Cl)c(Cl)cc12. The first-order valence-corrected chi connectivity index (χ1v) is 9.09. The number of nitrogens with two attached hydrogens (primary N) is 1. The lowest BCUT2D eigenvalue weighted by molar-refractivity contribution is 0.975. The standard InChI is InChI=1S/C17H14Cl2N4S/c18-13-7-11-12-6-10(22-17-21-3-4-24-17)5-9(1-2-20)16(12)23-15(11)8-14(13)19/h3-8,23H,1-2,20H2,(H,21,22). The largest absolute Gasteiger partial charge is 0.354 e. The third-order valence-electron chi connectivity index (χ3n) is 3.93. The van der Waals surface area contributed by atoms with Crippen molar-refractivity contribution in [1.29, 1.82) is 0 Å². The van der Waals surface area contributed by atoms with E-state index in [2.05, 4.69) is 27.4 Å². The maximum absolute atomic E-state index is 6.21. The third-order valence-corrected chi connectivity index (χ3v) is 5.34. The van der Waals surface area contributed by atoms with Gasteiger partial charge in [-0.1, -0.05) is 23.2 Å². The molecule has 0 aliphatic rings. The van der Waals surface area contributed by atoms with Gasteiger partial charge in [0, 0.05) is 39.1 Å². The summed E-state index contributed by atoms with van der Waals surface area (Å²) in [6.07, 6.45) is 2.55. The van der Waals surface area contributed by atoms with Crippen LogP contribution in [0.4, 0.5) is 10.8 Å². The van der Waals surface area contributed by atoms with E-state index in [1.54, 1.807) is 17.5 Å². The minimum Gasteiger partial charge on any atom is -0.354 e. The molecule has 4 N–H and O–H groups in total. The summed E-state index contributed by atoms with van der Waals surface area (Å²) >= 11 is 13.9. The lowest BCUT2D eigenvalue weighted by Crippen LogP contribution is -2.03. The van der Waals surface area contributed by atoms with Crippen LogP contribution in [0.1, 0.15) is 5.56 Å². The highest BCUT2D eigenvalue weighted by Gasteiger charge is 2.13. The summed E-state index contributed by atoms with van der Waals surface area (Å²) in [4.78, 5) is 7.73. The van der Waals surface area contributed by atoms with Crippen molar-refractivity contribution in [3.05, 3.63) is 51.5 Å². The molecule has 0 amide bonds. The summed E-state index contributed by atoms with van der Waals surface area (Å²) < 4.78 is 0. The number of halogens is 2. The first-order chi connectivity index (χ1) is 11.7. The average Bonchev–Trinajstić information content (AvgIpc) is 3.17. The monoisotopic (exact) mass is 376 g/mol. The van der Waals surface area contributed by atoms with E-state index in [9.17, 15) is 0 Å². The Hall–Kier alpha value is -1.79. The molecule has 4 rings (SSSR count). The van der Waals surface area contributed by atoms with Gasteiger partial charge in [-0.15, -0.1) is 11.3 Å². The molecule has 7 heteroatoms. The predicted molar refractivity (Wildman–Crippen MR) is 104 cm³/mol. The number of rotatable bonds is 4. The number of aromatic amines is 1. The number of H-pyrrole nitrogens is 1. The lowest BCUT2D eigenvalue weighted by atomic mass is 10.1. The molecule has 4 nitrogen and oxygen atoms in total. The zero-order chi connectivity index (χ0) is 16.7. The highest BCUT2D eigenvalue weighted by molar-refractivity contribution is 7.13. The molecule has 0 radical (unpaired) electrons. The Kier molecular flexibility index (Phi) is 4.10. The Morgan fingerprint density at radius 2 is 1.96 bits per heavy atom. The first-order valence-electron chi connectivity index (χ1n) is 7.45. The van der Waals surface area contributed by atoms with Crippen LogP contribution in [0.25, 0.3) is 21.8 Å². The summed E-state index contributed by atoms with van der Waals surface area (Å²) in [7, 11) is 0. The quantitative estimate of drug-likeness (QED) is 0.450. The number of hydrogen-bond donors (Lipinski definition) is 3. The second-order valence-corrected chi connectivity index (χ2v) is 7.20. The highest BCUT2D eigenvalue weighted by atomic mass is 35.5. The zero-order valence-corrected chi connectivity index (χ0v) is 14.9. The van der Waals surface area contributed by atoms with Gasteiger partial charge in [0.15, 0.2) is 5.13 Å². The topological polar surface area (TPSA) is 66.7 Å². The Morgan fingerprint density at radius 3 is 2.71 bits per heavy atom. The van der Waals surface area contributed by atoms with Crippen LogP contribution in [0.3, 0.4) is 0 Å². The minimum absolute atomic E-state index is 0.539. The summed E-state index contributed by atoms with van der Waals surface area (Å²) in [6.45, 7) is 0.576. The molecule has 0 saturated carbocycles. The van der Waals surface area contributed by atoms with Crippen LogP contribution in [-0.2, 0) is 6.42 Å². The third kappa shape index (κ3) is 2.74. The molecule has 2 heterocycles. The molecule has 2 aromatic heterocycles. The van der Waals surface area contributed by atoms with Crippen molar-refractivity contribution in [3.8, 4) is 0 Å². The fraction of sp³-hybridized carbons (Fsp3) is 0.118. The minimum atomic E-state index is 0.539. The van der Waals surface area contributed by atoms with Crippen LogP contribution in [0.5, 0.6) is 0 Å². The van der Waals surface area contributed by atoms with E-state index in [1.807, 2.05) is 17.5 Å². The summed E-state index contributed by atoms with van der Waals surface area (Å²) in [5.74, 6) is 0. The number of thiazole rings is 1. The fourth-order valence-corrected chi connectivity index (χ4v) is 3.78. The van der Waals surface area contributed by atoms with Gasteiger partial charge in [-0.2, -0.15) is 0 Å². The number of benzene rings is 2. The molecule has 0 bridgehead atoms. The lowest BCUT2D eigenvalue weighted by Gasteiger charge is -2.08. The first kappa shape index (κ1) is 15.7. The van der Waals surface area contributed by atoms with Crippen molar-refractivity contribution in [2.75, 3.05) is 11.9 Å². The van der Waals surface area contributed by atoms with Gasteiger partial charge in [0.1, 0.15) is 0 Å². The van der Waals surface area contributed by atoms with Gasteiger partial charge < -0.3 is 16.0 Å². The Bertz CT molecular complexity index is 1020. The summed E-state index contributed by atoms with van der Waals surface area (Å²) in [6, 6.07) is 7.96. The smallest absolute Gasteiger partial charge is 0.187 e. The number of anilines is 2. The van der Waals surface area contributed by atoms with E-state index in [1.165, 1.54) is 0 Å². The number of fused-ring (bicyclic) bond motifs is 3. The van der Waals surface area contributed by atoms with Crippen molar-refractivity contribution >= 4 is 67.2 Å². The molecular formula is C17H14Cl2N4S. The van der Waals surface area contributed by atoms with Crippen LogP contribution in [0.15, 0.2) is 35.8 Å². The highest BCUT2D eigenvalue weighted by Crippen LogP contribution is 2.36. The molecule has 4 aromatic rings. The van der Waals surface area contributed by atoms with Crippen molar-refractivity contribution in [1.82, 2.24) is 9.97 Å². The maximum atomic E-state index is 6.21. The Balaban J connectivity index is 1.95. The Labute approximate surface area is 152 Å². The fourth-order valence-electron chi connectivity index (χ4n) is 2.90. The number of aromatic nitrogens is 2. The van der Waals surface area contributed by atoms with E-state index < -0.39 is 0 Å². The molecule has 122 valence electrons. The molecule has 0 unspecified atom stereocenters. The zero-order valence-electron chi connectivity index (χ0n) is 12.6. The molecule has 0 spiro atoms. The van der Waals surface area contributed by atoms with E-state index in [4.69, 9.17) is 28.9 Å². The van der Waals surface area contributed by atoms with Gasteiger partial charge in [0.2, 0.25) is 0 Å². The van der Waals surface area contributed by atoms with Crippen LogP contribution in [0.2, 0.25) is 10.0 Å². The molecule has 0 atom stereocenters. The Morgan fingerprint density at radius 1 is 1.12 bits per heavy atom. The summed E-state index contributed by atoms with van der Waals surface area (Å²) in [5.41, 5.74) is 9.95. The average molecular weight is 377 g/mol. The van der Waals surface area contributed by atoms with Crippen LogP contribution in [0, 0.1) is 0 Å². The molecule has 0 aliphatic heterocycles. The number of nitrogens with one attached hydrogen (secondary N) is 2. The van der Waals surface area contributed by atoms with E-state index in [-0.39, 0.29) is 0 Å². The molecule has 0 aliphatic carbocycles. The van der Waals surface area contributed by atoms with Crippen LogP contribution >= 0.6 is 34.5 Å². The normalized spacial score (nSPS) is 11.5. The van der Waals surface area contributed by atoms with Gasteiger partial charge in [-0.3, -0.25) is 0 Å².